The maximum Gasteiger partial charge on any atom is 0.127 e. The van der Waals surface area contributed by atoms with Gasteiger partial charge in [-0.15, -0.1) is 0 Å². The predicted molar refractivity (Wildman–Crippen MR) is 78.6 cm³/mol. The van der Waals surface area contributed by atoms with Crippen molar-refractivity contribution in [1.82, 2.24) is 5.32 Å². The Labute approximate surface area is 116 Å². The van der Waals surface area contributed by atoms with Crippen LogP contribution in [0.5, 0.6) is 0 Å². The van der Waals surface area contributed by atoms with E-state index in [0.29, 0.717) is 5.41 Å². The maximum absolute atomic E-state index is 13.9. The van der Waals surface area contributed by atoms with Crippen molar-refractivity contribution in [3.63, 3.8) is 0 Å². The van der Waals surface area contributed by atoms with Crippen molar-refractivity contribution in [3.8, 4) is 0 Å². The Morgan fingerprint density at radius 1 is 1.21 bits per heavy atom. The van der Waals surface area contributed by atoms with Gasteiger partial charge in [-0.25, -0.2) is 4.39 Å². The van der Waals surface area contributed by atoms with E-state index in [9.17, 15) is 4.39 Å². The van der Waals surface area contributed by atoms with Gasteiger partial charge in [-0.05, 0) is 37.2 Å². The van der Waals surface area contributed by atoms with Crippen molar-refractivity contribution >= 4 is 0 Å². The Balaban J connectivity index is 2.02. The van der Waals surface area contributed by atoms with E-state index in [1.54, 1.807) is 12.1 Å². The number of benzene rings is 1. The first-order chi connectivity index (χ1) is 9.21. The van der Waals surface area contributed by atoms with Crippen LogP contribution in [0.25, 0.3) is 0 Å². The summed E-state index contributed by atoms with van der Waals surface area (Å²) in [5, 5.41) is 3.62. The zero-order valence-electron chi connectivity index (χ0n) is 12.2. The van der Waals surface area contributed by atoms with Crippen LogP contribution < -0.4 is 5.32 Å². The van der Waals surface area contributed by atoms with Crippen molar-refractivity contribution in [3.05, 3.63) is 35.6 Å². The second kappa shape index (κ2) is 6.51. The number of nitrogens with one attached hydrogen (secondary N) is 1. The number of hydrogen-bond donors (Lipinski definition) is 1. The fourth-order valence-electron chi connectivity index (χ4n) is 3.35. The Kier molecular flexibility index (Phi) is 4.98. The highest BCUT2D eigenvalue weighted by molar-refractivity contribution is 5.21. The normalized spacial score (nSPS) is 19.5. The minimum Gasteiger partial charge on any atom is -0.309 e. The lowest BCUT2D eigenvalue weighted by Gasteiger charge is -2.30. The summed E-state index contributed by atoms with van der Waals surface area (Å²) < 4.78 is 13.9. The Morgan fingerprint density at radius 3 is 2.47 bits per heavy atom. The molecule has 1 N–H and O–H groups in total. The molecular formula is C17H26FN. The third-order valence-electron chi connectivity index (χ3n) is 4.83. The van der Waals surface area contributed by atoms with Gasteiger partial charge in [-0.1, -0.05) is 44.9 Å². The van der Waals surface area contributed by atoms with Crippen LogP contribution in [-0.2, 0) is 0 Å². The van der Waals surface area contributed by atoms with Crippen LogP contribution in [0.1, 0.15) is 64.0 Å². The van der Waals surface area contributed by atoms with Gasteiger partial charge in [-0.3, -0.25) is 0 Å². The average molecular weight is 263 g/mol. The molecule has 0 amide bonds. The number of hydrogen-bond acceptors (Lipinski definition) is 1. The van der Waals surface area contributed by atoms with Gasteiger partial charge in [0.15, 0.2) is 0 Å². The second-order valence-corrected chi connectivity index (χ2v) is 5.92. The van der Waals surface area contributed by atoms with Gasteiger partial charge in [0.2, 0.25) is 0 Å². The summed E-state index contributed by atoms with van der Waals surface area (Å²) in [6.07, 6.45) is 7.51. The molecule has 2 rings (SSSR count). The van der Waals surface area contributed by atoms with Gasteiger partial charge in [0.25, 0.3) is 0 Å². The van der Waals surface area contributed by atoms with E-state index in [0.717, 1.165) is 18.5 Å². The highest BCUT2D eigenvalue weighted by Gasteiger charge is 2.32. The molecule has 2 heteroatoms. The number of rotatable bonds is 6. The monoisotopic (exact) mass is 263 g/mol. The molecular weight excluding hydrogens is 237 g/mol. The smallest absolute Gasteiger partial charge is 0.127 e. The molecule has 1 saturated carbocycles. The van der Waals surface area contributed by atoms with Crippen LogP contribution in [0.4, 0.5) is 4.39 Å². The van der Waals surface area contributed by atoms with Gasteiger partial charge in [0.05, 0.1) is 0 Å². The van der Waals surface area contributed by atoms with E-state index in [-0.39, 0.29) is 11.9 Å². The first-order valence-corrected chi connectivity index (χ1v) is 7.68. The highest BCUT2D eigenvalue weighted by Crippen LogP contribution is 2.40. The van der Waals surface area contributed by atoms with Gasteiger partial charge in [-0.2, -0.15) is 0 Å². The molecule has 1 unspecified atom stereocenters. The van der Waals surface area contributed by atoms with E-state index < -0.39 is 0 Å². The van der Waals surface area contributed by atoms with Gasteiger partial charge in [0.1, 0.15) is 5.82 Å². The molecule has 1 aromatic rings. The van der Waals surface area contributed by atoms with E-state index in [1.165, 1.54) is 32.1 Å². The third kappa shape index (κ3) is 3.36. The van der Waals surface area contributed by atoms with Crippen LogP contribution in [0.3, 0.4) is 0 Å². The molecule has 0 aliphatic heterocycles. The molecule has 1 aliphatic carbocycles. The molecule has 0 aromatic heterocycles. The Morgan fingerprint density at radius 2 is 1.89 bits per heavy atom. The van der Waals surface area contributed by atoms with Gasteiger partial charge >= 0.3 is 0 Å². The lowest BCUT2D eigenvalue weighted by Crippen LogP contribution is -2.34. The molecule has 106 valence electrons. The maximum atomic E-state index is 13.9. The number of halogens is 1. The Bertz CT molecular complexity index is 396. The van der Waals surface area contributed by atoms with E-state index in [4.69, 9.17) is 0 Å². The van der Waals surface area contributed by atoms with Crippen molar-refractivity contribution in [2.45, 2.75) is 58.4 Å². The molecule has 1 aromatic carbocycles. The standard InChI is InChI=1S/C17H26FN/c1-3-16(14-9-5-6-10-15(14)18)19-13-17(4-2)11-7-8-12-17/h5-6,9-10,16,19H,3-4,7-8,11-13H2,1-2H3. The van der Waals surface area contributed by atoms with Crippen LogP contribution in [0.15, 0.2) is 24.3 Å². The summed E-state index contributed by atoms with van der Waals surface area (Å²) in [6.45, 7) is 5.44. The lowest BCUT2D eigenvalue weighted by molar-refractivity contribution is 0.253. The summed E-state index contributed by atoms with van der Waals surface area (Å²) in [5.41, 5.74) is 1.27. The largest absolute Gasteiger partial charge is 0.309 e. The molecule has 0 radical (unpaired) electrons. The summed E-state index contributed by atoms with van der Waals surface area (Å²) in [7, 11) is 0. The zero-order chi connectivity index (χ0) is 13.7. The van der Waals surface area contributed by atoms with E-state index in [2.05, 4.69) is 19.2 Å². The molecule has 0 heterocycles. The van der Waals surface area contributed by atoms with Crippen LogP contribution in [0.2, 0.25) is 0 Å². The highest BCUT2D eigenvalue weighted by atomic mass is 19.1. The molecule has 19 heavy (non-hydrogen) atoms. The summed E-state index contributed by atoms with van der Waals surface area (Å²) in [6, 6.07) is 7.30. The fourth-order valence-corrected chi connectivity index (χ4v) is 3.35. The van der Waals surface area contributed by atoms with Crippen molar-refractivity contribution in [2.24, 2.45) is 5.41 Å². The minimum atomic E-state index is -0.0844. The Hall–Kier alpha value is -0.890. The van der Waals surface area contributed by atoms with E-state index >= 15 is 0 Å². The molecule has 0 spiro atoms. The second-order valence-electron chi connectivity index (χ2n) is 5.92. The van der Waals surface area contributed by atoms with E-state index in [1.807, 2.05) is 12.1 Å². The van der Waals surface area contributed by atoms with Crippen molar-refractivity contribution in [1.29, 1.82) is 0 Å². The van der Waals surface area contributed by atoms with Gasteiger partial charge in [0, 0.05) is 18.2 Å². The average Bonchev–Trinajstić information content (AvgIpc) is 2.91. The zero-order valence-corrected chi connectivity index (χ0v) is 12.2. The van der Waals surface area contributed by atoms with Crippen molar-refractivity contribution < 1.29 is 4.39 Å². The third-order valence-corrected chi connectivity index (χ3v) is 4.83. The van der Waals surface area contributed by atoms with Gasteiger partial charge < -0.3 is 5.32 Å². The SMILES string of the molecule is CCC(NCC1(CC)CCCC1)c1ccccc1F. The summed E-state index contributed by atoms with van der Waals surface area (Å²) in [5.74, 6) is -0.0844. The lowest BCUT2D eigenvalue weighted by atomic mass is 9.83. The summed E-state index contributed by atoms with van der Waals surface area (Å²) >= 11 is 0. The fraction of sp³-hybridized carbons (Fsp3) is 0.647. The predicted octanol–water partition coefficient (Wildman–Crippen LogP) is 4.84. The van der Waals surface area contributed by atoms with Crippen LogP contribution in [-0.4, -0.2) is 6.54 Å². The molecule has 0 saturated heterocycles. The molecule has 1 nitrogen and oxygen atoms in total. The topological polar surface area (TPSA) is 12.0 Å². The summed E-state index contributed by atoms with van der Waals surface area (Å²) in [4.78, 5) is 0. The molecule has 0 bridgehead atoms. The molecule has 1 aliphatic rings. The molecule has 1 fully saturated rings. The minimum absolute atomic E-state index is 0.0844. The first kappa shape index (κ1) is 14.5. The van der Waals surface area contributed by atoms with Crippen molar-refractivity contribution in [2.75, 3.05) is 6.54 Å². The first-order valence-electron chi connectivity index (χ1n) is 7.68. The van der Waals surface area contributed by atoms with Crippen LogP contribution >= 0.6 is 0 Å². The quantitative estimate of drug-likeness (QED) is 0.774. The van der Waals surface area contributed by atoms with Crippen LogP contribution in [0, 0.1) is 11.2 Å². The molecule has 1 atom stereocenters.